The van der Waals surface area contributed by atoms with E-state index >= 15 is 0 Å². The molecule has 2 saturated heterocycles. The number of nitrogens with zero attached hydrogens (tertiary/aromatic N) is 1. The fourth-order valence-corrected chi connectivity index (χ4v) is 3.97. The van der Waals surface area contributed by atoms with Crippen LogP contribution in [0, 0.1) is 11.8 Å². The third kappa shape index (κ3) is 7.01. The van der Waals surface area contributed by atoms with Gasteiger partial charge in [-0.3, -0.25) is 9.69 Å². The number of aliphatic carboxylic acids is 2. The van der Waals surface area contributed by atoms with E-state index < -0.39 is 11.9 Å². The van der Waals surface area contributed by atoms with Crippen molar-refractivity contribution in [3.63, 3.8) is 0 Å². The Bertz CT molecular complexity index is 1040. The first kappa shape index (κ1) is 24.7. The van der Waals surface area contributed by atoms with Gasteiger partial charge < -0.3 is 20.8 Å². The highest BCUT2D eigenvalue weighted by Gasteiger charge is 2.39. The maximum absolute atomic E-state index is 12.5. The van der Waals surface area contributed by atoms with Gasteiger partial charge in [0.05, 0.1) is 5.92 Å². The van der Waals surface area contributed by atoms with Crippen molar-refractivity contribution < 1.29 is 29.4 Å². The van der Waals surface area contributed by atoms with Gasteiger partial charge in [0, 0.05) is 31.8 Å². The molecule has 178 valence electrons. The van der Waals surface area contributed by atoms with Crippen molar-refractivity contribution in [1.82, 2.24) is 15.5 Å². The summed E-state index contributed by atoms with van der Waals surface area (Å²) in [5.74, 6) is -2.24. The van der Waals surface area contributed by atoms with Crippen LogP contribution in [-0.4, -0.2) is 58.6 Å². The molecule has 0 aliphatic carbocycles. The number of nitrogens with one attached hydrogen (secondary N) is 2. The molecule has 2 bridgehead atoms. The molecule has 2 fully saturated rings. The second-order valence-electron chi connectivity index (χ2n) is 8.14. The molecule has 2 unspecified atom stereocenters. The van der Waals surface area contributed by atoms with Crippen molar-refractivity contribution in [1.29, 1.82) is 0 Å². The van der Waals surface area contributed by atoms with Gasteiger partial charge in [0.25, 0.3) is 0 Å². The molecule has 2 aromatic rings. The minimum Gasteiger partial charge on any atom is -0.478 e. The molecule has 2 aliphatic rings. The van der Waals surface area contributed by atoms with Crippen molar-refractivity contribution in [3.8, 4) is 11.1 Å². The Kier molecular flexibility index (Phi) is 8.53. The lowest BCUT2D eigenvalue weighted by Crippen LogP contribution is -2.58. The topological polar surface area (TPSA) is 136 Å². The average Bonchev–Trinajstić information content (AvgIpc) is 2.85. The molecule has 2 atom stereocenters. The van der Waals surface area contributed by atoms with Crippen molar-refractivity contribution in [2.45, 2.75) is 13.0 Å². The summed E-state index contributed by atoms with van der Waals surface area (Å²) in [5.41, 5.74) is 3.33. The molecular formula is C25H27N3O6. The van der Waals surface area contributed by atoms with Gasteiger partial charge in [-0.1, -0.05) is 54.6 Å². The van der Waals surface area contributed by atoms with Crippen molar-refractivity contribution in [2.75, 3.05) is 19.6 Å². The number of carboxylic acid groups (broad SMARTS) is 2. The van der Waals surface area contributed by atoms with Gasteiger partial charge in [-0.2, -0.15) is 0 Å². The van der Waals surface area contributed by atoms with E-state index in [1.165, 1.54) is 10.5 Å². The van der Waals surface area contributed by atoms with Crippen molar-refractivity contribution in [3.05, 3.63) is 72.3 Å². The minimum absolute atomic E-state index is 0.0506. The van der Waals surface area contributed by atoms with Gasteiger partial charge in [0.15, 0.2) is 0 Å². The zero-order valence-corrected chi connectivity index (χ0v) is 18.5. The first-order valence-electron chi connectivity index (χ1n) is 10.9. The summed E-state index contributed by atoms with van der Waals surface area (Å²) < 4.78 is 0. The van der Waals surface area contributed by atoms with Gasteiger partial charge in [0.2, 0.25) is 5.91 Å². The number of urea groups is 1. The van der Waals surface area contributed by atoms with E-state index in [1.807, 2.05) is 30.3 Å². The Morgan fingerprint density at radius 2 is 1.56 bits per heavy atom. The number of rotatable bonds is 5. The first-order chi connectivity index (χ1) is 16.3. The quantitative estimate of drug-likeness (QED) is 0.498. The Labute approximate surface area is 197 Å². The summed E-state index contributed by atoms with van der Waals surface area (Å²) in [5, 5.41) is 21.8. The molecule has 3 amide bonds. The van der Waals surface area contributed by atoms with Crippen LogP contribution in [0.2, 0.25) is 0 Å². The van der Waals surface area contributed by atoms with Crippen LogP contribution in [0.25, 0.3) is 11.1 Å². The Hall–Kier alpha value is -3.98. The van der Waals surface area contributed by atoms with Crippen LogP contribution in [0.3, 0.4) is 0 Å². The highest BCUT2D eigenvalue weighted by Crippen LogP contribution is 2.25. The number of hydrogen-bond donors (Lipinski definition) is 4. The molecule has 2 heterocycles. The van der Waals surface area contributed by atoms with Crippen LogP contribution in [0.5, 0.6) is 0 Å². The summed E-state index contributed by atoms with van der Waals surface area (Å²) in [6.07, 6.45) is 2.02. The zero-order chi connectivity index (χ0) is 24.5. The Balaban J connectivity index is 0.000000350. The smallest absolute Gasteiger partial charge is 0.328 e. The number of benzene rings is 2. The van der Waals surface area contributed by atoms with Crippen LogP contribution in [0.4, 0.5) is 4.79 Å². The van der Waals surface area contributed by atoms with E-state index in [-0.39, 0.29) is 17.9 Å². The largest absolute Gasteiger partial charge is 0.478 e. The molecule has 9 nitrogen and oxygen atoms in total. The maximum Gasteiger partial charge on any atom is 0.328 e. The van der Waals surface area contributed by atoms with Crippen molar-refractivity contribution in [2.24, 2.45) is 11.8 Å². The highest BCUT2D eigenvalue weighted by molar-refractivity contribution is 5.96. The lowest BCUT2D eigenvalue weighted by Gasteiger charge is -2.39. The summed E-state index contributed by atoms with van der Waals surface area (Å²) in [6, 6.07) is 18.0. The molecule has 0 radical (unpaired) electrons. The van der Waals surface area contributed by atoms with E-state index in [2.05, 4.69) is 34.9 Å². The molecule has 0 aromatic heterocycles. The van der Waals surface area contributed by atoms with Crippen LogP contribution in [0.15, 0.2) is 66.7 Å². The maximum atomic E-state index is 12.5. The molecule has 0 saturated carbocycles. The van der Waals surface area contributed by atoms with E-state index in [9.17, 15) is 19.2 Å². The van der Waals surface area contributed by atoms with E-state index in [0.29, 0.717) is 37.7 Å². The third-order valence-electron chi connectivity index (χ3n) is 5.62. The number of carbonyl (C=O) groups excluding carboxylic acids is 2. The highest BCUT2D eigenvalue weighted by atomic mass is 16.4. The van der Waals surface area contributed by atoms with Crippen LogP contribution in [-0.2, 0) is 20.9 Å². The fraction of sp³-hybridized carbons (Fsp3) is 0.280. The van der Waals surface area contributed by atoms with E-state index in [1.54, 1.807) is 0 Å². The molecular weight excluding hydrogens is 438 g/mol. The predicted octanol–water partition coefficient (Wildman–Crippen LogP) is 2.34. The van der Waals surface area contributed by atoms with Gasteiger partial charge in [-0.05, 0) is 35.6 Å². The number of carbonyl (C=O) groups is 4. The Morgan fingerprint density at radius 1 is 0.941 bits per heavy atom. The van der Waals surface area contributed by atoms with Gasteiger partial charge in [-0.25, -0.2) is 14.4 Å². The molecule has 2 aromatic carbocycles. The number of hydrogen-bond acceptors (Lipinski definition) is 5. The second-order valence-corrected chi connectivity index (χ2v) is 8.14. The third-order valence-corrected chi connectivity index (χ3v) is 5.62. The van der Waals surface area contributed by atoms with E-state index in [4.69, 9.17) is 10.2 Å². The number of piperidine rings is 2. The van der Waals surface area contributed by atoms with Gasteiger partial charge in [-0.15, -0.1) is 0 Å². The van der Waals surface area contributed by atoms with Crippen LogP contribution < -0.4 is 10.6 Å². The lowest BCUT2D eigenvalue weighted by atomic mass is 9.85. The molecule has 4 rings (SSSR count). The fourth-order valence-electron chi connectivity index (χ4n) is 3.97. The van der Waals surface area contributed by atoms with Crippen LogP contribution in [0.1, 0.15) is 12.0 Å². The lowest BCUT2D eigenvalue weighted by molar-refractivity contribution is -0.137. The number of fused-ring (bicyclic) bond motifs is 2. The molecule has 2 aliphatic heterocycles. The standard InChI is InChI=1S/C21H23N3O2.C4H4O4/c25-20-19-10-16(11-22-13-19)14-24(20)21(26)23-12-15-6-8-18(9-7-15)17-4-2-1-3-5-17;5-3(6)1-2-4(7)8/h1-9,16,19,22H,10-14H2,(H,23,26);1-2H,(H,5,6)(H,7,8)/b;2-1+. The SMILES string of the molecule is O=C(NCc1ccc(-c2ccccc2)cc1)N1CC2CNCC(C2)C1=O.O=C(O)/C=C/C(=O)O. The van der Waals surface area contributed by atoms with Gasteiger partial charge >= 0.3 is 18.0 Å². The predicted molar refractivity (Wildman–Crippen MR) is 125 cm³/mol. The number of carboxylic acids is 2. The number of likely N-dealkylation sites (tertiary alicyclic amines) is 1. The van der Waals surface area contributed by atoms with E-state index in [0.717, 1.165) is 24.1 Å². The van der Waals surface area contributed by atoms with Crippen molar-refractivity contribution >= 4 is 23.9 Å². The minimum atomic E-state index is -1.26. The summed E-state index contributed by atoms with van der Waals surface area (Å²) in [4.78, 5) is 45.4. The van der Waals surface area contributed by atoms with Crippen LogP contribution >= 0.6 is 0 Å². The zero-order valence-electron chi connectivity index (χ0n) is 18.5. The molecule has 0 spiro atoms. The molecule has 9 heteroatoms. The number of amides is 3. The average molecular weight is 466 g/mol. The van der Waals surface area contributed by atoms with Gasteiger partial charge in [0.1, 0.15) is 0 Å². The first-order valence-corrected chi connectivity index (χ1v) is 10.9. The monoisotopic (exact) mass is 465 g/mol. The molecule has 34 heavy (non-hydrogen) atoms. The summed E-state index contributed by atoms with van der Waals surface area (Å²) in [7, 11) is 0. The Morgan fingerprint density at radius 3 is 2.18 bits per heavy atom. The summed E-state index contributed by atoms with van der Waals surface area (Å²) in [6.45, 7) is 2.50. The number of imide groups is 1. The normalized spacial score (nSPS) is 19.2. The molecule has 4 N–H and O–H groups in total. The second kappa shape index (κ2) is 11.8. The summed E-state index contributed by atoms with van der Waals surface area (Å²) >= 11 is 0.